The number of hydrogen-bond donors (Lipinski definition) is 0. The predicted octanol–water partition coefficient (Wildman–Crippen LogP) is 3.39. The first-order valence-electron chi connectivity index (χ1n) is 7.48. The number of amides is 1. The molecule has 0 spiro atoms. The Balaban J connectivity index is 1.83. The number of nitrogens with zero attached hydrogens (tertiary/aromatic N) is 1. The topological polar surface area (TPSA) is 46.6 Å². The van der Waals surface area contributed by atoms with Crippen LogP contribution >= 0.6 is 11.3 Å². The molecule has 1 atom stereocenters. The lowest BCUT2D eigenvalue weighted by molar-refractivity contribution is -0.136. The van der Waals surface area contributed by atoms with Gasteiger partial charge < -0.3 is 4.74 Å². The van der Waals surface area contributed by atoms with Crippen LogP contribution in [0.3, 0.4) is 0 Å². The number of benzene rings is 1. The number of rotatable bonds is 2. The number of ether oxygens (including phenoxy) is 1. The van der Waals surface area contributed by atoms with Crippen LogP contribution in [0.15, 0.2) is 53.0 Å². The number of esters is 1. The molecule has 2 aliphatic rings. The van der Waals surface area contributed by atoms with Gasteiger partial charge in [-0.2, -0.15) is 0 Å². The van der Waals surface area contributed by atoms with E-state index in [9.17, 15) is 9.59 Å². The molecule has 116 valence electrons. The Labute approximate surface area is 138 Å². The summed E-state index contributed by atoms with van der Waals surface area (Å²) in [6.45, 7) is 2.16. The molecule has 0 radical (unpaired) electrons. The van der Waals surface area contributed by atoms with Crippen LogP contribution in [0.5, 0.6) is 0 Å². The first-order chi connectivity index (χ1) is 11.1. The molecule has 1 amide bonds. The molecule has 0 saturated heterocycles. The van der Waals surface area contributed by atoms with Crippen LogP contribution in [0.2, 0.25) is 0 Å². The maximum absolute atomic E-state index is 12.8. The Bertz CT molecular complexity index is 805. The van der Waals surface area contributed by atoms with Crippen LogP contribution in [0.4, 0.5) is 5.69 Å². The fourth-order valence-electron chi connectivity index (χ4n) is 3.18. The van der Waals surface area contributed by atoms with Crippen LogP contribution < -0.4 is 4.90 Å². The van der Waals surface area contributed by atoms with Gasteiger partial charge in [0.1, 0.15) is 6.61 Å². The van der Waals surface area contributed by atoms with Crippen molar-refractivity contribution >= 4 is 28.9 Å². The Morgan fingerprint density at radius 2 is 1.96 bits per heavy atom. The third-order valence-electron chi connectivity index (χ3n) is 4.30. The van der Waals surface area contributed by atoms with Crippen molar-refractivity contribution in [1.29, 1.82) is 0 Å². The quantitative estimate of drug-likeness (QED) is 0.795. The molecular weight excluding hydrogens is 310 g/mol. The fraction of sp³-hybridized carbons (Fsp3) is 0.222. The monoisotopic (exact) mass is 325 g/mol. The lowest BCUT2D eigenvalue weighted by Crippen LogP contribution is -2.37. The number of aryl methyl sites for hydroxylation is 1. The Kier molecular flexibility index (Phi) is 3.31. The third kappa shape index (κ3) is 2.28. The zero-order valence-electron chi connectivity index (χ0n) is 12.6. The smallest absolute Gasteiger partial charge is 0.337 e. The highest BCUT2D eigenvalue weighted by Crippen LogP contribution is 2.42. The summed E-state index contributed by atoms with van der Waals surface area (Å²) in [5, 5.41) is 1.96. The molecule has 4 rings (SSSR count). The Morgan fingerprint density at radius 1 is 1.17 bits per heavy atom. The van der Waals surface area contributed by atoms with Crippen molar-refractivity contribution in [3.63, 3.8) is 0 Å². The van der Waals surface area contributed by atoms with Crippen molar-refractivity contribution < 1.29 is 14.3 Å². The summed E-state index contributed by atoms with van der Waals surface area (Å²) in [6.07, 6.45) is 0.294. The Hall–Kier alpha value is -2.40. The van der Waals surface area contributed by atoms with Crippen LogP contribution in [0, 0.1) is 6.92 Å². The van der Waals surface area contributed by atoms with Gasteiger partial charge in [0, 0.05) is 22.9 Å². The van der Waals surface area contributed by atoms with Crippen LogP contribution in [-0.2, 0) is 14.3 Å². The molecule has 0 bridgehead atoms. The number of hydrogen-bond acceptors (Lipinski definition) is 4. The highest BCUT2D eigenvalue weighted by Gasteiger charge is 2.43. The van der Waals surface area contributed by atoms with E-state index in [1.54, 1.807) is 16.2 Å². The van der Waals surface area contributed by atoms with Gasteiger partial charge in [0.05, 0.1) is 11.3 Å². The van der Waals surface area contributed by atoms with Gasteiger partial charge >= 0.3 is 5.97 Å². The van der Waals surface area contributed by atoms with E-state index in [1.165, 1.54) is 0 Å². The average molecular weight is 325 g/mol. The zero-order valence-corrected chi connectivity index (χ0v) is 13.4. The number of carbonyl (C=O) groups is 2. The predicted molar refractivity (Wildman–Crippen MR) is 88.3 cm³/mol. The third-order valence-corrected chi connectivity index (χ3v) is 5.28. The average Bonchev–Trinajstić information content (AvgIpc) is 3.19. The van der Waals surface area contributed by atoms with E-state index in [1.807, 2.05) is 48.7 Å². The largest absolute Gasteiger partial charge is 0.456 e. The number of carbonyl (C=O) groups excluding carboxylic acids is 2. The molecule has 0 unspecified atom stereocenters. The van der Waals surface area contributed by atoms with Gasteiger partial charge in [-0.05, 0) is 30.5 Å². The van der Waals surface area contributed by atoms with Crippen LogP contribution in [-0.4, -0.2) is 18.5 Å². The minimum atomic E-state index is -0.303. The number of cyclic esters (lactones) is 1. The molecule has 2 aliphatic heterocycles. The summed E-state index contributed by atoms with van der Waals surface area (Å²) in [5.41, 5.74) is 3.24. The second-order valence-corrected chi connectivity index (χ2v) is 6.75. The molecule has 4 nitrogen and oxygen atoms in total. The van der Waals surface area contributed by atoms with Gasteiger partial charge in [0.15, 0.2) is 0 Å². The van der Waals surface area contributed by atoms with Gasteiger partial charge in [0.2, 0.25) is 5.91 Å². The van der Waals surface area contributed by atoms with E-state index >= 15 is 0 Å². The standard InChI is InChI=1S/C18H15NO3S/c1-11-4-6-12(7-5-11)19-14-10-22-18(21)17(14)13(9-16(19)20)15-3-2-8-23-15/h2-8,13H,9-10H2,1H3/t13-/m0/s1. The second kappa shape index (κ2) is 5.35. The number of anilines is 1. The van der Waals surface area contributed by atoms with Gasteiger partial charge in [-0.1, -0.05) is 23.8 Å². The van der Waals surface area contributed by atoms with Gasteiger partial charge in [-0.3, -0.25) is 9.69 Å². The summed E-state index contributed by atoms with van der Waals surface area (Å²) in [4.78, 5) is 27.7. The normalized spacial score (nSPS) is 20.7. The van der Waals surface area contributed by atoms with Crippen LogP contribution in [0.1, 0.15) is 22.8 Å². The minimum absolute atomic E-state index is 0.00398. The van der Waals surface area contributed by atoms with Gasteiger partial charge in [-0.15, -0.1) is 11.3 Å². The van der Waals surface area contributed by atoms with E-state index in [-0.39, 0.29) is 24.4 Å². The molecule has 3 heterocycles. The van der Waals surface area contributed by atoms with Crippen molar-refractivity contribution in [2.75, 3.05) is 11.5 Å². The molecular formula is C18H15NO3S. The molecule has 0 aliphatic carbocycles. The highest BCUT2D eigenvalue weighted by molar-refractivity contribution is 7.10. The molecule has 2 aromatic rings. The zero-order chi connectivity index (χ0) is 16.0. The van der Waals surface area contributed by atoms with E-state index in [0.29, 0.717) is 17.7 Å². The summed E-state index contributed by atoms with van der Waals surface area (Å²) < 4.78 is 5.25. The second-order valence-electron chi connectivity index (χ2n) is 5.77. The molecule has 1 aromatic carbocycles. The van der Waals surface area contributed by atoms with E-state index in [0.717, 1.165) is 16.1 Å². The van der Waals surface area contributed by atoms with Crippen LogP contribution in [0.25, 0.3) is 0 Å². The van der Waals surface area contributed by atoms with Crippen molar-refractivity contribution in [1.82, 2.24) is 0 Å². The highest BCUT2D eigenvalue weighted by atomic mass is 32.1. The minimum Gasteiger partial charge on any atom is -0.456 e. The lowest BCUT2D eigenvalue weighted by Gasteiger charge is -2.31. The van der Waals surface area contributed by atoms with Crippen molar-refractivity contribution in [2.45, 2.75) is 19.3 Å². The summed E-state index contributed by atoms with van der Waals surface area (Å²) >= 11 is 1.57. The summed E-state index contributed by atoms with van der Waals surface area (Å²) in [7, 11) is 0. The molecule has 23 heavy (non-hydrogen) atoms. The lowest BCUT2D eigenvalue weighted by atomic mass is 9.88. The van der Waals surface area contributed by atoms with E-state index < -0.39 is 0 Å². The fourth-order valence-corrected chi connectivity index (χ4v) is 4.02. The molecule has 0 N–H and O–H groups in total. The van der Waals surface area contributed by atoms with Gasteiger partial charge in [0.25, 0.3) is 0 Å². The first kappa shape index (κ1) is 14.2. The first-order valence-corrected chi connectivity index (χ1v) is 8.36. The van der Waals surface area contributed by atoms with Gasteiger partial charge in [-0.25, -0.2) is 4.79 Å². The summed E-state index contributed by atoms with van der Waals surface area (Å²) in [5.74, 6) is -0.485. The SMILES string of the molecule is Cc1ccc(N2C(=O)C[C@@H](c3cccs3)C3=C2COC3=O)cc1. The maximum Gasteiger partial charge on any atom is 0.337 e. The number of thiophene rings is 1. The molecule has 5 heteroatoms. The van der Waals surface area contributed by atoms with Crippen molar-refractivity contribution in [3.8, 4) is 0 Å². The van der Waals surface area contributed by atoms with E-state index in [4.69, 9.17) is 4.74 Å². The molecule has 1 aromatic heterocycles. The molecule has 0 saturated carbocycles. The van der Waals surface area contributed by atoms with E-state index in [2.05, 4.69) is 0 Å². The Morgan fingerprint density at radius 3 is 2.65 bits per heavy atom. The maximum atomic E-state index is 12.8. The molecule has 0 fully saturated rings. The summed E-state index contributed by atoms with van der Waals surface area (Å²) in [6, 6.07) is 11.7. The van der Waals surface area contributed by atoms with Crippen molar-refractivity contribution in [2.24, 2.45) is 0 Å². The van der Waals surface area contributed by atoms with Crippen molar-refractivity contribution in [3.05, 3.63) is 63.5 Å².